The van der Waals surface area contributed by atoms with Crippen molar-refractivity contribution in [2.24, 2.45) is 0 Å². The number of aromatic nitrogens is 2. The molecule has 1 fully saturated rings. The van der Waals surface area contributed by atoms with Gasteiger partial charge < -0.3 is 4.90 Å². The molecule has 1 aliphatic rings. The summed E-state index contributed by atoms with van der Waals surface area (Å²) in [7, 11) is 0. The van der Waals surface area contributed by atoms with E-state index in [0.717, 1.165) is 19.6 Å². The second-order valence-electron chi connectivity index (χ2n) is 6.17. The van der Waals surface area contributed by atoms with Crippen LogP contribution in [0.4, 0.5) is 5.69 Å². The van der Waals surface area contributed by atoms with E-state index in [9.17, 15) is 14.9 Å². The average molecular weight is 363 g/mol. The van der Waals surface area contributed by atoms with Crippen LogP contribution in [0.2, 0.25) is 0 Å². The monoisotopic (exact) mass is 363 g/mol. The van der Waals surface area contributed by atoms with Crippen LogP contribution in [-0.4, -0.2) is 56.6 Å². The molecule has 0 saturated carbocycles. The third-order valence-electron chi connectivity index (χ3n) is 4.50. The average Bonchev–Trinajstić information content (AvgIpc) is 3.16. The number of aryl methyl sites for hydroxylation is 1. The predicted molar refractivity (Wildman–Crippen MR) is 94.5 cm³/mol. The van der Waals surface area contributed by atoms with Crippen LogP contribution in [0.1, 0.15) is 16.3 Å². The number of hydrogen-bond acceptors (Lipinski definition) is 6. The topological polar surface area (TPSA) is 84.5 Å². The number of piperazine rings is 1. The molecule has 25 heavy (non-hydrogen) atoms. The first kappa shape index (κ1) is 17.6. The summed E-state index contributed by atoms with van der Waals surface area (Å²) >= 11 is 1.74. The van der Waals surface area contributed by atoms with Crippen LogP contribution in [0, 0.1) is 24.0 Å². The maximum atomic E-state index is 12.5. The van der Waals surface area contributed by atoms with Gasteiger partial charge in [-0.1, -0.05) is 6.07 Å². The molecule has 0 spiro atoms. The first-order chi connectivity index (χ1) is 12.0. The molecule has 1 aliphatic heterocycles. The molecule has 0 radical (unpaired) electrons. The van der Waals surface area contributed by atoms with Crippen LogP contribution in [0.25, 0.3) is 0 Å². The number of carbonyl (C=O) groups is 1. The second-order valence-corrected chi connectivity index (χ2v) is 7.20. The van der Waals surface area contributed by atoms with Gasteiger partial charge in [0, 0.05) is 37.6 Å². The summed E-state index contributed by atoms with van der Waals surface area (Å²) in [5, 5.41) is 17.3. The van der Waals surface area contributed by atoms with E-state index in [0.29, 0.717) is 24.5 Å². The van der Waals surface area contributed by atoms with Crippen molar-refractivity contribution >= 4 is 22.9 Å². The Kier molecular flexibility index (Phi) is 5.14. The fraction of sp³-hybridized carbons (Fsp3) is 0.500. The Balaban J connectivity index is 1.56. The molecule has 3 heterocycles. The second kappa shape index (κ2) is 7.32. The van der Waals surface area contributed by atoms with Crippen molar-refractivity contribution in [2.45, 2.75) is 26.9 Å². The summed E-state index contributed by atoms with van der Waals surface area (Å²) in [6.45, 7) is 7.20. The van der Waals surface area contributed by atoms with Crippen LogP contribution < -0.4 is 0 Å². The minimum Gasteiger partial charge on any atom is -0.339 e. The van der Waals surface area contributed by atoms with Gasteiger partial charge in [-0.3, -0.25) is 24.5 Å². The number of amides is 1. The molecular formula is C16H21N5O3S. The van der Waals surface area contributed by atoms with Crippen LogP contribution >= 0.6 is 11.3 Å². The summed E-state index contributed by atoms with van der Waals surface area (Å²) in [6, 6.07) is 4.17. The first-order valence-electron chi connectivity index (χ1n) is 8.16. The van der Waals surface area contributed by atoms with E-state index < -0.39 is 4.92 Å². The Labute approximate surface area is 149 Å². The molecule has 2 aromatic rings. The predicted octanol–water partition coefficient (Wildman–Crippen LogP) is 1.81. The minimum absolute atomic E-state index is 0.00596. The van der Waals surface area contributed by atoms with Crippen molar-refractivity contribution in [3.8, 4) is 0 Å². The van der Waals surface area contributed by atoms with E-state index in [-0.39, 0.29) is 18.1 Å². The zero-order chi connectivity index (χ0) is 18.0. The number of rotatable bonds is 5. The maximum absolute atomic E-state index is 12.5. The van der Waals surface area contributed by atoms with Gasteiger partial charge >= 0.3 is 5.69 Å². The first-order valence-corrected chi connectivity index (χ1v) is 9.04. The quantitative estimate of drug-likeness (QED) is 0.597. The molecule has 9 heteroatoms. The van der Waals surface area contributed by atoms with Crippen molar-refractivity contribution in [3.05, 3.63) is 43.9 Å². The SMILES string of the molecule is Cc1nn(CC(=O)N2CCN(Cc3cccs3)CC2)c(C)c1[N+](=O)[O-]. The van der Waals surface area contributed by atoms with Gasteiger partial charge in [-0.05, 0) is 25.3 Å². The van der Waals surface area contributed by atoms with Crippen molar-refractivity contribution < 1.29 is 9.72 Å². The van der Waals surface area contributed by atoms with Gasteiger partial charge in [0.2, 0.25) is 5.91 Å². The number of carbonyl (C=O) groups excluding carboxylic acids is 1. The van der Waals surface area contributed by atoms with Gasteiger partial charge in [0.05, 0.1) is 4.92 Å². The Morgan fingerprint density at radius 3 is 2.60 bits per heavy atom. The number of nitro groups is 1. The van der Waals surface area contributed by atoms with Gasteiger partial charge in [0.25, 0.3) is 0 Å². The molecule has 1 saturated heterocycles. The highest BCUT2D eigenvalue weighted by atomic mass is 32.1. The molecule has 8 nitrogen and oxygen atoms in total. The molecule has 0 atom stereocenters. The molecule has 0 aliphatic carbocycles. The van der Waals surface area contributed by atoms with E-state index in [1.807, 2.05) is 11.0 Å². The lowest BCUT2D eigenvalue weighted by Crippen LogP contribution is -2.49. The van der Waals surface area contributed by atoms with Crippen molar-refractivity contribution in [3.63, 3.8) is 0 Å². The lowest BCUT2D eigenvalue weighted by molar-refractivity contribution is -0.386. The van der Waals surface area contributed by atoms with Gasteiger partial charge in [-0.15, -0.1) is 11.3 Å². The molecule has 0 unspecified atom stereocenters. The fourth-order valence-electron chi connectivity index (χ4n) is 3.11. The van der Waals surface area contributed by atoms with E-state index >= 15 is 0 Å². The summed E-state index contributed by atoms with van der Waals surface area (Å²) in [4.78, 5) is 28.6. The van der Waals surface area contributed by atoms with Crippen molar-refractivity contribution in [2.75, 3.05) is 26.2 Å². The van der Waals surface area contributed by atoms with Crippen LogP contribution in [0.3, 0.4) is 0 Å². The lowest BCUT2D eigenvalue weighted by Gasteiger charge is -2.34. The molecule has 2 aromatic heterocycles. The molecule has 134 valence electrons. The highest BCUT2D eigenvalue weighted by Gasteiger charge is 2.26. The number of nitrogens with zero attached hydrogens (tertiary/aromatic N) is 5. The maximum Gasteiger partial charge on any atom is 0.312 e. The van der Waals surface area contributed by atoms with E-state index in [2.05, 4.69) is 21.4 Å². The molecule has 0 aromatic carbocycles. The Bertz CT molecular complexity index is 763. The fourth-order valence-corrected chi connectivity index (χ4v) is 3.86. The Morgan fingerprint density at radius 1 is 1.32 bits per heavy atom. The highest BCUT2D eigenvalue weighted by molar-refractivity contribution is 7.09. The minimum atomic E-state index is -0.442. The summed E-state index contributed by atoms with van der Waals surface area (Å²) < 4.78 is 1.44. The normalized spacial score (nSPS) is 15.5. The molecule has 0 N–H and O–H groups in total. The highest BCUT2D eigenvalue weighted by Crippen LogP contribution is 2.22. The summed E-state index contributed by atoms with van der Waals surface area (Å²) in [5.74, 6) is -0.0451. The zero-order valence-corrected chi connectivity index (χ0v) is 15.2. The standard InChI is InChI=1S/C16H21N5O3S/c1-12-16(21(23)24)13(2)20(17-12)11-15(22)19-7-5-18(6-8-19)10-14-4-3-9-25-14/h3-4,9H,5-8,10-11H2,1-2H3. The lowest BCUT2D eigenvalue weighted by atomic mass is 10.3. The molecule has 0 bridgehead atoms. The smallest absolute Gasteiger partial charge is 0.312 e. The van der Waals surface area contributed by atoms with Gasteiger partial charge in [0.15, 0.2) is 0 Å². The summed E-state index contributed by atoms with van der Waals surface area (Å²) in [5.41, 5.74) is 0.761. The van der Waals surface area contributed by atoms with E-state index in [4.69, 9.17) is 0 Å². The number of hydrogen-bond donors (Lipinski definition) is 0. The van der Waals surface area contributed by atoms with Crippen molar-refractivity contribution in [1.29, 1.82) is 0 Å². The van der Waals surface area contributed by atoms with Crippen LogP contribution in [0.5, 0.6) is 0 Å². The molecule has 3 rings (SSSR count). The van der Waals surface area contributed by atoms with Gasteiger partial charge in [0.1, 0.15) is 17.9 Å². The van der Waals surface area contributed by atoms with E-state index in [1.165, 1.54) is 9.56 Å². The Hall–Kier alpha value is -2.26. The third-order valence-corrected chi connectivity index (χ3v) is 5.36. The van der Waals surface area contributed by atoms with Crippen molar-refractivity contribution in [1.82, 2.24) is 19.6 Å². The summed E-state index contributed by atoms with van der Waals surface area (Å²) in [6.07, 6.45) is 0. The van der Waals surface area contributed by atoms with Gasteiger partial charge in [-0.25, -0.2) is 0 Å². The van der Waals surface area contributed by atoms with Crippen LogP contribution in [-0.2, 0) is 17.9 Å². The molecule has 1 amide bonds. The Morgan fingerprint density at radius 2 is 2.04 bits per heavy atom. The number of thiophene rings is 1. The van der Waals surface area contributed by atoms with Gasteiger partial charge in [-0.2, -0.15) is 5.10 Å². The largest absolute Gasteiger partial charge is 0.339 e. The zero-order valence-electron chi connectivity index (χ0n) is 14.3. The van der Waals surface area contributed by atoms with Crippen LogP contribution in [0.15, 0.2) is 17.5 Å². The molecular weight excluding hydrogens is 342 g/mol. The van der Waals surface area contributed by atoms with E-state index in [1.54, 1.807) is 25.2 Å². The third kappa shape index (κ3) is 3.88.